The summed E-state index contributed by atoms with van der Waals surface area (Å²) < 4.78 is 51.5. The lowest BCUT2D eigenvalue weighted by Crippen LogP contribution is -2.17. The fourth-order valence-corrected chi connectivity index (χ4v) is 2.14. The monoisotopic (exact) mass is 297 g/mol. The number of hydrogen-bond acceptors (Lipinski definition) is 1. The van der Waals surface area contributed by atoms with Gasteiger partial charge in [0.25, 0.3) is 0 Å². The third-order valence-electron chi connectivity index (χ3n) is 3.26. The topological polar surface area (TPSA) is 12.0 Å². The van der Waals surface area contributed by atoms with Gasteiger partial charge in [0, 0.05) is 13.1 Å². The fourth-order valence-electron chi connectivity index (χ4n) is 2.14. The van der Waals surface area contributed by atoms with Crippen molar-refractivity contribution < 1.29 is 17.6 Å². The third kappa shape index (κ3) is 4.04. The Hall–Kier alpha value is -1.88. The highest BCUT2D eigenvalue weighted by Crippen LogP contribution is 2.31. The average Bonchev–Trinajstić information content (AvgIpc) is 2.41. The van der Waals surface area contributed by atoms with Crippen molar-refractivity contribution in [3.8, 4) is 0 Å². The van der Waals surface area contributed by atoms with Crippen LogP contribution in [0.3, 0.4) is 0 Å². The van der Waals surface area contributed by atoms with Crippen molar-refractivity contribution in [1.82, 2.24) is 5.32 Å². The molecule has 0 saturated carbocycles. The first kappa shape index (κ1) is 15.5. The lowest BCUT2D eigenvalue weighted by Gasteiger charge is -2.13. The summed E-state index contributed by atoms with van der Waals surface area (Å²) in [7, 11) is 0. The molecular formula is C16H15F4N. The molecule has 0 aliphatic rings. The van der Waals surface area contributed by atoms with Crippen molar-refractivity contribution in [2.75, 3.05) is 0 Å². The van der Waals surface area contributed by atoms with Crippen LogP contribution in [0.1, 0.15) is 22.3 Å². The summed E-state index contributed by atoms with van der Waals surface area (Å²) in [6, 6.07) is 9.85. The Labute approximate surface area is 120 Å². The van der Waals surface area contributed by atoms with E-state index < -0.39 is 11.7 Å². The SMILES string of the molecule is Cc1cc(F)ccc1CNCc1ccccc1C(F)(F)F. The Morgan fingerprint density at radius 1 is 0.952 bits per heavy atom. The van der Waals surface area contributed by atoms with E-state index in [1.54, 1.807) is 19.1 Å². The minimum Gasteiger partial charge on any atom is -0.309 e. The van der Waals surface area contributed by atoms with Crippen molar-refractivity contribution in [3.05, 3.63) is 70.5 Å². The maximum atomic E-state index is 13.0. The Morgan fingerprint density at radius 2 is 1.62 bits per heavy atom. The number of alkyl halides is 3. The number of aryl methyl sites for hydroxylation is 1. The minimum absolute atomic E-state index is 0.104. The molecule has 112 valence electrons. The average molecular weight is 297 g/mol. The van der Waals surface area contributed by atoms with Crippen LogP contribution in [-0.2, 0) is 19.3 Å². The molecule has 2 aromatic rings. The van der Waals surface area contributed by atoms with Crippen LogP contribution in [0, 0.1) is 12.7 Å². The van der Waals surface area contributed by atoms with Gasteiger partial charge in [-0.25, -0.2) is 4.39 Å². The van der Waals surface area contributed by atoms with Gasteiger partial charge in [0.15, 0.2) is 0 Å². The zero-order chi connectivity index (χ0) is 15.5. The van der Waals surface area contributed by atoms with Crippen molar-refractivity contribution in [2.24, 2.45) is 0 Å². The molecule has 5 heteroatoms. The summed E-state index contributed by atoms with van der Waals surface area (Å²) >= 11 is 0. The summed E-state index contributed by atoms with van der Waals surface area (Å²) in [5, 5.41) is 2.97. The zero-order valence-electron chi connectivity index (χ0n) is 11.5. The van der Waals surface area contributed by atoms with Crippen LogP contribution < -0.4 is 5.32 Å². The lowest BCUT2D eigenvalue weighted by atomic mass is 10.1. The molecule has 0 bridgehead atoms. The predicted octanol–water partition coefficient (Wildman–Crippen LogP) is 4.44. The Bertz CT molecular complexity index is 620. The summed E-state index contributed by atoms with van der Waals surface area (Å²) in [5.74, 6) is -0.321. The van der Waals surface area contributed by atoms with Gasteiger partial charge < -0.3 is 5.32 Å². The molecule has 2 rings (SSSR count). The lowest BCUT2D eigenvalue weighted by molar-refractivity contribution is -0.138. The molecule has 0 atom stereocenters. The first-order valence-corrected chi connectivity index (χ1v) is 6.49. The Balaban J connectivity index is 2.04. The van der Waals surface area contributed by atoms with Crippen LogP contribution in [0.25, 0.3) is 0 Å². The molecule has 0 aliphatic carbocycles. The molecule has 0 spiro atoms. The first-order chi connectivity index (χ1) is 9.88. The number of benzene rings is 2. The molecule has 0 fully saturated rings. The molecule has 1 N–H and O–H groups in total. The summed E-state index contributed by atoms with van der Waals surface area (Å²) in [4.78, 5) is 0. The first-order valence-electron chi connectivity index (χ1n) is 6.49. The second-order valence-corrected chi connectivity index (χ2v) is 4.83. The van der Waals surface area contributed by atoms with E-state index >= 15 is 0 Å². The van der Waals surface area contributed by atoms with Gasteiger partial charge in [0.2, 0.25) is 0 Å². The van der Waals surface area contributed by atoms with E-state index in [-0.39, 0.29) is 17.9 Å². The smallest absolute Gasteiger partial charge is 0.309 e. The molecule has 0 amide bonds. The van der Waals surface area contributed by atoms with E-state index in [9.17, 15) is 17.6 Å². The standard InChI is InChI=1S/C16H15F4N/c1-11-8-14(17)7-6-12(11)9-21-10-13-4-2-3-5-15(13)16(18,19)20/h2-8,21H,9-10H2,1H3. The van der Waals surface area contributed by atoms with Gasteiger partial charge in [0.1, 0.15) is 5.82 Å². The summed E-state index contributed by atoms with van der Waals surface area (Å²) in [5.41, 5.74) is 1.20. The van der Waals surface area contributed by atoms with Crippen LogP contribution >= 0.6 is 0 Å². The van der Waals surface area contributed by atoms with E-state index in [0.717, 1.165) is 17.2 Å². The van der Waals surface area contributed by atoms with Gasteiger partial charge in [0.05, 0.1) is 5.56 Å². The third-order valence-corrected chi connectivity index (χ3v) is 3.26. The molecule has 2 aromatic carbocycles. The van der Waals surface area contributed by atoms with Crippen LogP contribution in [0.2, 0.25) is 0 Å². The van der Waals surface area contributed by atoms with E-state index in [1.165, 1.54) is 24.3 Å². The molecule has 1 nitrogen and oxygen atoms in total. The Morgan fingerprint density at radius 3 is 2.29 bits per heavy atom. The van der Waals surface area contributed by atoms with Gasteiger partial charge >= 0.3 is 6.18 Å². The highest BCUT2D eigenvalue weighted by Gasteiger charge is 2.32. The van der Waals surface area contributed by atoms with Crippen LogP contribution in [0.4, 0.5) is 17.6 Å². The molecule has 0 aliphatic heterocycles. The quantitative estimate of drug-likeness (QED) is 0.823. The van der Waals surface area contributed by atoms with E-state index in [0.29, 0.717) is 6.54 Å². The largest absolute Gasteiger partial charge is 0.416 e. The van der Waals surface area contributed by atoms with Crippen molar-refractivity contribution in [3.63, 3.8) is 0 Å². The van der Waals surface area contributed by atoms with Gasteiger partial charge in [-0.2, -0.15) is 13.2 Å². The maximum Gasteiger partial charge on any atom is 0.416 e. The van der Waals surface area contributed by atoms with Crippen LogP contribution in [-0.4, -0.2) is 0 Å². The van der Waals surface area contributed by atoms with Gasteiger partial charge in [-0.3, -0.25) is 0 Å². The fraction of sp³-hybridized carbons (Fsp3) is 0.250. The van der Waals surface area contributed by atoms with Gasteiger partial charge in [-0.1, -0.05) is 24.3 Å². The molecule has 21 heavy (non-hydrogen) atoms. The number of rotatable bonds is 4. The second-order valence-electron chi connectivity index (χ2n) is 4.83. The minimum atomic E-state index is -4.36. The van der Waals surface area contributed by atoms with Crippen molar-refractivity contribution >= 4 is 0 Å². The van der Waals surface area contributed by atoms with Crippen LogP contribution in [0.5, 0.6) is 0 Å². The zero-order valence-corrected chi connectivity index (χ0v) is 11.5. The molecule has 0 unspecified atom stereocenters. The van der Waals surface area contributed by atoms with Crippen molar-refractivity contribution in [2.45, 2.75) is 26.2 Å². The maximum absolute atomic E-state index is 13.0. The van der Waals surface area contributed by atoms with E-state index in [4.69, 9.17) is 0 Å². The van der Waals surface area contributed by atoms with E-state index in [1.807, 2.05) is 0 Å². The van der Waals surface area contributed by atoms with Crippen molar-refractivity contribution in [1.29, 1.82) is 0 Å². The van der Waals surface area contributed by atoms with E-state index in [2.05, 4.69) is 5.32 Å². The highest BCUT2D eigenvalue weighted by atomic mass is 19.4. The Kier molecular flexibility index (Phi) is 4.63. The normalized spacial score (nSPS) is 11.7. The molecule has 0 aromatic heterocycles. The predicted molar refractivity (Wildman–Crippen MR) is 73.1 cm³/mol. The number of halogens is 4. The van der Waals surface area contributed by atoms with Gasteiger partial charge in [-0.05, 0) is 41.8 Å². The number of hydrogen-bond donors (Lipinski definition) is 1. The molecular weight excluding hydrogens is 282 g/mol. The molecule has 0 heterocycles. The number of nitrogens with one attached hydrogen (secondary N) is 1. The molecule has 0 radical (unpaired) electrons. The highest BCUT2D eigenvalue weighted by molar-refractivity contribution is 5.30. The summed E-state index contributed by atoms with van der Waals surface area (Å²) in [6.07, 6.45) is -4.36. The van der Waals surface area contributed by atoms with Crippen LogP contribution in [0.15, 0.2) is 42.5 Å². The second kappa shape index (κ2) is 6.26. The summed E-state index contributed by atoms with van der Waals surface area (Å²) in [6.45, 7) is 2.26. The van der Waals surface area contributed by atoms with Gasteiger partial charge in [-0.15, -0.1) is 0 Å². The molecule has 0 saturated heterocycles.